The van der Waals surface area contributed by atoms with Gasteiger partial charge in [0.15, 0.2) is 0 Å². The van der Waals surface area contributed by atoms with E-state index in [0.29, 0.717) is 0 Å². The fourth-order valence-electron chi connectivity index (χ4n) is 1.66. The van der Waals surface area contributed by atoms with E-state index in [1.807, 2.05) is 11.8 Å². The van der Waals surface area contributed by atoms with Crippen LogP contribution in [0.3, 0.4) is 0 Å². The lowest BCUT2D eigenvalue weighted by Crippen LogP contribution is -2.11. The van der Waals surface area contributed by atoms with Gasteiger partial charge in [0.05, 0.1) is 0 Å². The van der Waals surface area contributed by atoms with E-state index >= 15 is 0 Å². The molecule has 1 aromatic rings. The Morgan fingerprint density at radius 1 is 1.29 bits per heavy atom. The van der Waals surface area contributed by atoms with Gasteiger partial charge in [0.1, 0.15) is 0 Å². The SMILES string of the molecule is CCNCc1ccc(SCCC(C)C)c(C)c1. The number of benzene rings is 1. The molecule has 0 radical (unpaired) electrons. The molecule has 0 heterocycles. The van der Waals surface area contributed by atoms with Gasteiger partial charge in [-0.25, -0.2) is 0 Å². The monoisotopic (exact) mass is 251 g/mol. The predicted molar refractivity (Wildman–Crippen MR) is 78.7 cm³/mol. The topological polar surface area (TPSA) is 12.0 Å². The third kappa shape index (κ3) is 5.60. The van der Waals surface area contributed by atoms with E-state index < -0.39 is 0 Å². The third-order valence-corrected chi connectivity index (χ3v) is 3.98. The maximum absolute atomic E-state index is 3.36. The molecule has 1 nitrogen and oxygen atoms in total. The first-order valence-electron chi connectivity index (χ1n) is 6.56. The first-order valence-corrected chi connectivity index (χ1v) is 7.55. The zero-order valence-corrected chi connectivity index (χ0v) is 12.4. The Morgan fingerprint density at radius 2 is 2.06 bits per heavy atom. The predicted octanol–water partition coefficient (Wildman–Crippen LogP) is 4.24. The van der Waals surface area contributed by atoms with Crippen LogP contribution in [0.4, 0.5) is 0 Å². The number of hydrogen-bond donors (Lipinski definition) is 1. The average Bonchev–Trinajstić information content (AvgIpc) is 2.28. The van der Waals surface area contributed by atoms with E-state index in [2.05, 4.69) is 51.2 Å². The Morgan fingerprint density at radius 3 is 2.65 bits per heavy atom. The molecule has 1 N–H and O–H groups in total. The lowest BCUT2D eigenvalue weighted by atomic mass is 10.1. The lowest BCUT2D eigenvalue weighted by molar-refractivity contribution is 0.632. The van der Waals surface area contributed by atoms with Crippen molar-refractivity contribution in [3.8, 4) is 0 Å². The van der Waals surface area contributed by atoms with Gasteiger partial charge in [-0.05, 0) is 48.8 Å². The largest absolute Gasteiger partial charge is 0.313 e. The first kappa shape index (κ1) is 14.6. The highest BCUT2D eigenvalue weighted by Crippen LogP contribution is 2.25. The summed E-state index contributed by atoms with van der Waals surface area (Å²) in [6, 6.07) is 6.82. The van der Waals surface area contributed by atoms with Crippen LogP contribution in [0.25, 0.3) is 0 Å². The van der Waals surface area contributed by atoms with Crippen molar-refractivity contribution in [3.05, 3.63) is 29.3 Å². The summed E-state index contributed by atoms with van der Waals surface area (Å²) < 4.78 is 0. The van der Waals surface area contributed by atoms with Crippen molar-refractivity contribution in [3.63, 3.8) is 0 Å². The first-order chi connectivity index (χ1) is 8.13. The molecule has 0 bridgehead atoms. The molecule has 0 saturated heterocycles. The molecule has 1 aromatic carbocycles. The maximum Gasteiger partial charge on any atom is 0.0205 e. The fourth-order valence-corrected chi connectivity index (χ4v) is 2.92. The van der Waals surface area contributed by atoms with Gasteiger partial charge < -0.3 is 5.32 Å². The highest BCUT2D eigenvalue weighted by Gasteiger charge is 2.02. The zero-order valence-electron chi connectivity index (χ0n) is 11.5. The molecule has 0 aliphatic heterocycles. The minimum absolute atomic E-state index is 0.802. The third-order valence-electron chi connectivity index (χ3n) is 2.77. The van der Waals surface area contributed by atoms with Gasteiger partial charge in [0.25, 0.3) is 0 Å². The van der Waals surface area contributed by atoms with Gasteiger partial charge in [-0.1, -0.05) is 32.9 Å². The van der Waals surface area contributed by atoms with Gasteiger partial charge in [0.2, 0.25) is 0 Å². The van der Waals surface area contributed by atoms with Gasteiger partial charge in [-0.3, -0.25) is 0 Å². The van der Waals surface area contributed by atoms with E-state index in [-0.39, 0.29) is 0 Å². The molecule has 0 spiro atoms. The number of rotatable bonds is 7. The van der Waals surface area contributed by atoms with Crippen molar-refractivity contribution in [1.82, 2.24) is 5.32 Å². The molecule has 1 rings (SSSR count). The molecular weight excluding hydrogens is 226 g/mol. The van der Waals surface area contributed by atoms with E-state index in [9.17, 15) is 0 Å². The Balaban J connectivity index is 2.50. The molecule has 0 fully saturated rings. The van der Waals surface area contributed by atoms with Crippen LogP contribution >= 0.6 is 11.8 Å². The van der Waals surface area contributed by atoms with Crippen LogP contribution in [0.2, 0.25) is 0 Å². The van der Waals surface area contributed by atoms with Crippen molar-refractivity contribution in [2.45, 2.75) is 45.6 Å². The Labute approximate surface area is 110 Å². The van der Waals surface area contributed by atoms with E-state index in [1.165, 1.54) is 28.2 Å². The number of thioether (sulfide) groups is 1. The minimum Gasteiger partial charge on any atom is -0.313 e. The van der Waals surface area contributed by atoms with Gasteiger partial charge in [-0.2, -0.15) is 0 Å². The molecule has 0 aliphatic carbocycles. The molecule has 0 amide bonds. The summed E-state index contributed by atoms with van der Waals surface area (Å²) in [7, 11) is 0. The lowest BCUT2D eigenvalue weighted by Gasteiger charge is -2.09. The van der Waals surface area contributed by atoms with Crippen molar-refractivity contribution >= 4 is 11.8 Å². The maximum atomic E-state index is 3.36. The molecule has 0 unspecified atom stereocenters. The average molecular weight is 251 g/mol. The Bertz CT molecular complexity index is 334. The quantitative estimate of drug-likeness (QED) is 0.727. The number of aryl methyl sites for hydroxylation is 1. The number of nitrogens with one attached hydrogen (secondary N) is 1. The summed E-state index contributed by atoms with van der Waals surface area (Å²) in [6.45, 7) is 10.9. The van der Waals surface area contributed by atoms with Crippen LogP contribution in [0, 0.1) is 12.8 Å². The van der Waals surface area contributed by atoms with Crippen LogP contribution in [0.5, 0.6) is 0 Å². The van der Waals surface area contributed by atoms with Crippen LogP contribution in [0.1, 0.15) is 38.3 Å². The van der Waals surface area contributed by atoms with Crippen molar-refractivity contribution < 1.29 is 0 Å². The highest BCUT2D eigenvalue weighted by molar-refractivity contribution is 7.99. The molecule has 0 aromatic heterocycles. The highest BCUT2D eigenvalue weighted by atomic mass is 32.2. The normalized spacial score (nSPS) is 11.1. The second-order valence-corrected chi connectivity index (χ2v) is 6.05. The summed E-state index contributed by atoms with van der Waals surface area (Å²) in [5.41, 5.74) is 2.80. The zero-order chi connectivity index (χ0) is 12.7. The van der Waals surface area contributed by atoms with Crippen LogP contribution in [-0.4, -0.2) is 12.3 Å². The fraction of sp³-hybridized carbons (Fsp3) is 0.600. The van der Waals surface area contributed by atoms with E-state index in [1.54, 1.807) is 0 Å². The molecular formula is C15H25NS. The second-order valence-electron chi connectivity index (χ2n) is 4.91. The molecule has 96 valence electrons. The number of hydrogen-bond acceptors (Lipinski definition) is 2. The van der Waals surface area contributed by atoms with Gasteiger partial charge in [0, 0.05) is 11.4 Å². The summed E-state index contributed by atoms with van der Waals surface area (Å²) in [4.78, 5) is 1.44. The Hall–Kier alpha value is -0.470. The molecule has 0 saturated carbocycles. The van der Waals surface area contributed by atoms with Gasteiger partial charge in [-0.15, -0.1) is 11.8 Å². The van der Waals surface area contributed by atoms with Crippen molar-refractivity contribution in [2.75, 3.05) is 12.3 Å². The second kappa shape index (κ2) is 7.78. The standard InChI is InChI=1S/C15H25NS/c1-5-16-11-14-6-7-15(13(4)10-14)17-9-8-12(2)3/h6-7,10,12,16H,5,8-9,11H2,1-4H3. The molecule has 2 heteroatoms. The van der Waals surface area contributed by atoms with Crippen molar-refractivity contribution in [1.29, 1.82) is 0 Å². The molecule has 17 heavy (non-hydrogen) atoms. The van der Waals surface area contributed by atoms with Gasteiger partial charge >= 0.3 is 0 Å². The van der Waals surface area contributed by atoms with Crippen LogP contribution in [0.15, 0.2) is 23.1 Å². The van der Waals surface area contributed by atoms with Crippen LogP contribution in [-0.2, 0) is 6.54 Å². The van der Waals surface area contributed by atoms with Crippen LogP contribution < -0.4 is 5.32 Å². The molecule has 0 aliphatic rings. The minimum atomic E-state index is 0.802. The smallest absolute Gasteiger partial charge is 0.0205 e. The summed E-state index contributed by atoms with van der Waals surface area (Å²) >= 11 is 1.99. The van der Waals surface area contributed by atoms with E-state index in [0.717, 1.165) is 19.0 Å². The summed E-state index contributed by atoms with van der Waals surface area (Å²) in [5.74, 6) is 2.03. The Kier molecular flexibility index (Phi) is 6.68. The summed E-state index contributed by atoms with van der Waals surface area (Å²) in [6.07, 6.45) is 1.29. The van der Waals surface area contributed by atoms with E-state index in [4.69, 9.17) is 0 Å². The van der Waals surface area contributed by atoms with Crippen molar-refractivity contribution in [2.24, 2.45) is 5.92 Å². The molecule has 0 atom stereocenters. The summed E-state index contributed by atoms with van der Waals surface area (Å²) in [5, 5.41) is 3.36.